The van der Waals surface area contributed by atoms with Crippen LogP contribution in [0.25, 0.3) is 27.8 Å². The molecule has 0 unspecified atom stereocenters. The van der Waals surface area contributed by atoms with Crippen molar-refractivity contribution in [2.45, 2.75) is 13.3 Å². The van der Waals surface area contributed by atoms with Gasteiger partial charge in [-0.25, -0.2) is 9.97 Å². The summed E-state index contributed by atoms with van der Waals surface area (Å²) in [7, 11) is 0. The molecule has 0 saturated heterocycles. The molecule has 2 aromatic carbocycles. The minimum absolute atomic E-state index is 0.738. The molecule has 4 heteroatoms. The van der Waals surface area contributed by atoms with Gasteiger partial charge < -0.3 is 5.73 Å². The van der Waals surface area contributed by atoms with Crippen LogP contribution in [-0.2, 0) is 6.42 Å². The number of aryl methyl sites for hydroxylation is 1. The maximum atomic E-state index is 5.90. The second-order valence-corrected chi connectivity index (χ2v) is 5.41. The van der Waals surface area contributed by atoms with E-state index in [1.54, 1.807) is 6.20 Å². The molecule has 2 heterocycles. The molecule has 22 heavy (non-hydrogen) atoms. The lowest BCUT2D eigenvalue weighted by Gasteiger charge is -2.07. The van der Waals surface area contributed by atoms with Gasteiger partial charge in [-0.05, 0) is 47.0 Å². The molecule has 0 aliphatic heterocycles. The number of aromatic nitrogens is 3. The number of anilines is 1. The molecule has 2 aromatic heterocycles. The van der Waals surface area contributed by atoms with Crippen LogP contribution in [0.2, 0.25) is 0 Å². The zero-order chi connectivity index (χ0) is 15.1. The first-order chi connectivity index (χ1) is 10.7. The molecule has 0 radical (unpaired) electrons. The SMILES string of the molecule is CCc1cn2c(-c3ccc4ccc(N)cc4c3)ccnc2n1. The molecule has 0 aliphatic carbocycles. The van der Waals surface area contributed by atoms with E-state index in [4.69, 9.17) is 5.73 Å². The Morgan fingerprint density at radius 1 is 1.05 bits per heavy atom. The van der Waals surface area contributed by atoms with E-state index in [0.717, 1.165) is 40.2 Å². The van der Waals surface area contributed by atoms with Crippen LogP contribution in [0.15, 0.2) is 54.9 Å². The van der Waals surface area contributed by atoms with E-state index >= 15 is 0 Å². The summed E-state index contributed by atoms with van der Waals surface area (Å²) in [5.41, 5.74) is 9.94. The summed E-state index contributed by atoms with van der Waals surface area (Å²) in [6.45, 7) is 2.10. The standard InChI is InChI=1S/C18H16N4/c1-2-16-11-22-17(7-8-20-18(22)21-16)13-4-3-12-5-6-15(19)10-14(12)9-13/h3-11H,2,19H2,1H3. The number of benzene rings is 2. The first-order valence-electron chi connectivity index (χ1n) is 7.37. The van der Waals surface area contributed by atoms with Gasteiger partial charge in [0.25, 0.3) is 0 Å². The summed E-state index contributed by atoms with van der Waals surface area (Å²) in [5, 5.41) is 2.32. The van der Waals surface area contributed by atoms with E-state index in [0.29, 0.717) is 0 Å². The first-order valence-corrected chi connectivity index (χ1v) is 7.37. The second-order valence-electron chi connectivity index (χ2n) is 5.41. The fraction of sp³-hybridized carbons (Fsp3) is 0.111. The monoisotopic (exact) mass is 288 g/mol. The van der Waals surface area contributed by atoms with Gasteiger partial charge in [0.05, 0.1) is 11.4 Å². The molecule has 0 aliphatic rings. The highest BCUT2D eigenvalue weighted by Gasteiger charge is 2.08. The van der Waals surface area contributed by atoms with Gasteiger partial charge in [0, 0.05) is 18.1 Å². The van der Waals surface area contributed by atoms with E-state index in [9.17, 15) is 0 Å². The smallest absolute Gasteiger partial charge is 0.234 e. The van der Waals surface area contributed by atoms with Crippen molar-refractivity contribution in [2.75, 3.05) is 5.73 Å². The Morgan fingerprint density at radius 3 is 2.77 bits per heavy atom. The number of hydrogen-bond acceptors (Lipinski definition) is 3. The second kappa shape index (κ2) is 4.84. The third-order valence-electron chi connectivity index (χ3n) is 3.94. The summed E-state index contributed by atoms with van der Waals surface area (Å²) in [4.78, 5) is 8.87. The van der Waals surface area contributed by atoms with Crippen LogP contribution in [-0.4, -0.2) is 14.4 Å². The maximum absolute atomic E-state index is 5.90. The van der Waals surface area contributed by atoms with Crippen molar-refractivity contribution < 1.29 is 0 Å². The van der Waals surface area contributed by atoms with Gasteiger partial charge in [0.15, 0.2) is 0 Å². The van der Waals surface area contributed by atoms with E-state index in [1.165, 1.54) is 5.39 Å². The lowest BCUT2D eigenvalue weighted by atomic mass is 10.0. The average Bonchev–Trinajstić information content (AvgIpc) is 2.97. The van der Waals surface area contributed by atoms with Crippen LogP contribution < -0.4 is 5.73 Å². The molecule has 2 N–H and O–H groups in total. The van der Waals surface area contributed by atoms with Crippen LogP contribution in [0.1, 0.15) is 12.6 Å². The maximum Gasteiger partial charge on any atom is 0.234 e. The fourth-order valence-corrected chi connectivity index (χ4v) is 2.77. The molecule has 0 bridgehead atoms. The predicted molar refractivity (Wildman–Crippen MR) is 89.7 cm³/mol. The van der Waals surface area contributed by atoms with Gasteiger partial charge in [-0.1, -0.05) is 25.1 Å². The number of nitrogen functional groups attached to an aromatic ring is 1. The average molecular weight is 288 g/mol. The number of nitrogens with two attached hydrogens (primary N) is 1. The van der Waals surface area contributed by atoms with Gasteiger partial charge in [-0.2, -0.15) is 0 Å². The van der Waals surface area contributed by atoms with Crippen LogP contribution in [0.4, 0.5) is 5.69 Å². The highest BCUT2D eigenvalue weighted by Crippen LogP contribution is 2.26. The van der Waals surface area contributed by atoms with Gasteiger partial charge in [0.1, 0.15) is 0 Å². The summed E-state index contributed by atoms with van der Waals surface area (Å²) in [5.74, 6) is 0.738. The summed E-state index contributed by atoms with van der Waals surface area (Å²) in [6.07, 6.45) is 4.76. The van der Waals surface area contributed by atoms with E-state index in [2.05, 4.69) is 41.3 Å². The van der Waals surface area contributed by atoms with Crippen molar-refractivity contribution >= 4 is 22.2 Å². The molecule has 4 nitrogen and oxygen atoms in total. The molecule has 0 saturated carbocycles. The number of imidazole rings is 1. The van der Waals surface area contributed by atoms with Crippen molar-refractivity contribution in [3.05, 3.63) is 60.6 Å². The summed E-state index contributed by atoms with van der Waals surface area (Å²) >= 11 is 0. The largest absolute Gasteiger partial charge is 0.399 e. The van der Waals surface area contributed by atoms with Crippen molar-refractivity contribution in [1.82, 2.24) is 14.4 Å². The van der Waals surface area contributed by atoms with E-state index in [1.807, 2.05) is 28.7 Å². The zero-order valence-electron chi connectivity index (χ0n) is 12.3. The molecule has 4 rings (SSSR count). The van der Waals surface area contributed by atoms with Crippen LogP contribution in [0, 0.1) is 0 Å². The minimum Gasteiger partial charge on any atom is -0.399 e. The first kappa shape index (κ1) is 12.8. The number of rotatable bonds is 2. The molecule has 0 amide bonds. The Bertz CT molecular complexity index is 985. The van der Waals surface area contributed by atoms with Crippen LogP contribution in [0.3, 0.4) is 0 Å². The lowest BCUT2D eigenvalue weighted by molar-refractivity contribution is 1.07. The Kier molecular flexibility index (Phi) is 2.82. The minimum atomic E-state index is 0.738. The number of fused-ring (bicyclic) bond motifs is 2. The molecule has 0 spiro atoms. The highest BCUT2D eigenvalue weighted by molar-refractivity contribution is 5.89. The molecule has 108 valence electrons. The summed E-state index contributed by atoms with van der Waals surface area (Å²) in [6, 6.07) is 14.4. The highest BCUT2D eigenvalue weighted by atomic mass is 15.1. The van der Waals surface area contributed by atoms with E-state index in [-0.39, 0.29) is 0 Å². The van der Waals surface area contributed by atoms with Crippen molar-refractivity contribution in [2.24, 2.45) is 0 Å². The van der Waals surface area contributed by atoms with Crippen molar-refractivity contribution in [3.63, 3.8) is 0 Å². The Hall–Kier alpha value is -2.88. The Labute approximate surface area is 128 Å². The molecule has 4 aromatic rings. The topological polar surface area (TPSA) is 56.2 Å². The van der Waals surface area contributed by atoms with Crippen LogP contribution >= 0.6 is 0 Å². The molecule has 0 fully saturated rings. The van der Waals surface area contributed by atoms with Crippen molar-refractivity contribution in [3.8, 4) is 11.3 Å². The normalized spacial score (nSPS) is 11.3. The predicted octanol–water partition coefficient (Wildman–Crippen LogP) is 3.69. The third-order valence-corrected chi connectivity index (χ3v) is 3.94. The molecular formula is C18H16N4. The van der Waals surface area contributed by atoms with Gasteiger partial charge in [-0.3, -0.25) is 4.40 Å². The Balaban J connectivity index is 1.96. The van der Waals surface area contributed by atoms with E-state index < -0.39 is 0 Å². The van der Waals surface area contributed by atoms with Crippen LogP contribution in [0.5, 0.6) is 0 Å². The Morgan fingerprint density at radius 2 is 1.91 bits per heavy atom. The fourth-order valence-electron chi connectivity index (χ4n) is 2.77. The quantitative estimate of drug-likeness (QED) is 0.572. The zero-order valence-corrected chi connectivity index (χ0v) is 12.3. The van der Waals surface area contributed by atoms with Gasteiger partial charge >= 0.3 is 0 Å². The number of nitrogens with zero attached hydrogens (tertiary/aromatic N) is 3. The van der Waals surface area contributed by atoms with Gasteiger partial charge in [-0.15, -0.1) is 0 Å². The van der Waals surface area contributed by atoms with Gasteiger partial charge in [0.2, 0.25) is 5.78 Å². The summed E-state index contributed by atoms with van der Waals surface area (Å²) < 4.78 is 2.05. The molecule has 0 atom stereocenters. The number of hydrogen-bond donors (Lipinski definition) is 1. The molecular weight excluding hydrogens is 272 g/mol. The third kappa shape index (κ3) is 2.00. The lowest BCUT2D eigenvalue weighted by Crippen LogP contribution is -1.93. The van der Waals surface area contributed by atoms with Crippen molar-refractivity contribution in [1.29, 1.82) is 0 Å².